The first-order chi connectivity index (χ1) is 14.9. The first-order valence-corrected chi connectivity index (χ1v) is 11.7. The van der Waals surface area contributed by atoms with Crippen molar-refractivity contribution in [3.8, 4) is 5.75 Å². The molecule has 0 unspecified atom stereocenters. The van der Waals surface area contributed by atoms with Crippen LogP contribution in [0.1, 0.15) is 61.8 Å². The van der Waals surface area contributed by atoms with Crippen molar-refractivity contribution in [3.63, 3.8) is 0 Å². The monoisotopic (exact) mass is 443 g/mol. The number of nitrogens with one attached hydrogen (secondary N) is 1. The highest BCUT2D eigenvalue weighted by atomic mass is 35.5. The molecule has 166 valence electrons. The molecule has 1 saturated heterocycles. The molecule has 2 aromatic rings. The number of anilines is 1. The fourth-order valence-corrected chi connectivity index (χ4v) is 5.35. The van der Waals surface area contributed by atoms with Crippen molar-refractivity contribution >= 4 is 17.3 Å². The van der Waals surface area contributed by atoms with Crippen LogP contribution < -0.4 is 10.1 Å². The first-order valence-electron chi connectivity index (χ1n) is 11.3. The van der Waals surface area contributed by atoms with Crippen LogP contribution in [-0.4, -0.2) is 40.7 Å². The van der Waals surface area contributed by atoms with E-state index in [1.54, 1.807) is 6.92 Å². The second kappa shape index (κ2) is 8.28. The number of halogens is 1. The number of hydrogen-bond acceptors (Lipinski definition) is 5. The Morgan fingerprint density at radius 2 is 1.94 bits per heavy atom. The van der Waals surface area contributed by atoms with Gasteiger partial charge in [0, 0.05) is 11.4 Å². The van der Waals surface area contributed by atoms with Gasteiger partial charge in [0.1, 0.15) is 17.5 Å². The maximum absolute atomic E-state index is 10.2. The van der Waals surface area contributed by atoms with Gasteiger partial charge in [0.05, 0.1) is 30.5 Å². The van der Waals surface area contributed by atoms with E-state index in [0.717, 1.165) is 47.5 Å². The maximum Gasteiger partial charge on any atom is 0.143 e. The minimum atomic E-state index is -0.850. The lowest BCUT2D eigenvalue weighted by Crippen LogP contribution is -2.43. The van der Waals surface area contributed by atoms with Gasteiger partial charge in [0.15, 0.2) is 0 Å². The van der Waals surface area contributed by atoms with Crippen LogP contribution in [0.15, 0.2) is 36.4 Å². The summed E-state index contributed by atoms with van der Waals surface area (Å²) in [5, 5.41) is 24.4. The number of aliphatic hydroxyl groups is 2. The lowest BCUT2D eigenvalue weighted by molar-refractivity contribution is -0.163. The zero-order valence-electron chi connectivity index (χ0n) is 17.8. The Balaban J connectivity index is 1.34. The number of hydrogen-bond donors (Lipinski definition) is 3. The van der Waals surface area contributed by atoms with Crippen LogP contribution in [0.5, 0.6) is 5.75 Å². The summed E-state index contributed by atoms with van der Waals surface area (Å²) in [5.74, 6) is 0.939. The molecule has 0 bridgehead atoms. The van der Waals surface area contributed by atoms with Gasteiger partial charge in [-0.2, -0.15) is 0 Å². The van der Waals surface area contributed by atoms with Gasteiger partial charge in [0.2, 0.25) is 0 Å². The second-order valence-corrected chi connectivity index (χ2v) is 9.73. The van der Waals surface area contributed by atoms with Crippen LogP contribution in [0.4, 0.5) is 5.69 Å². The Hall–Kier alpha value is -1.79. The third kappa shape index (κ3) is 4.17. The van der Waals surface area contributed by atoms with Gasteiger partial charge < -0.3 is 25.0 Å². The summed E-state index contributed by atoms with van der Waals surface area (Å²) in [6.07, 6.45) is 3.48. The fourth-order valence-electron chi connectivity index (χ4n) is 5.17. The topological polar surface area (TPSA) is 71.0 Å². The normalized spacial score (nSPS) is 29.3. The molecule has 2 heterocycles. The van der Waals surface area contributed by atoms with E-state index in [0.29, 0.717) is 17.9 Å². The Bertz CT molecular complexity index is 947. The van der Waals surface area contributed by atoms with E-state index in [1.165, 1.54) is 12.8 Å². The molecule has 1 saturated carbocycles. The van der Waals surface area contributed by atoms with E-state index < -0.39 is 18.3 Å². The van der Waals surface area contributed by atoms with Crippen LogP contribution in [0.25, 0.3) is 0 Å². The van der Waals surface area contributed by atoms with Crippen LogP contribution >= 0.6 is 11.6 Å². The quantitative estimate of drug-likeness (QED) is 0.645. The van der Waals surface area contributed by atoms with Gasteiger partial charge in [-0.15, -0.1) is 0 Å². The predicted molar refractivity (Wildman–Crippen MR) is 121 cm³/mol. The van der Waals surface area contributed by atoms with Crippen LogP contribution in [0, 0.1) is 0 Å². The van der Waals surface area contributed by atoms with E-state index >= 15 is 0 Å². The Labute approximate surface area is 188 Å². The van der Waals surface area contributed by atoms with E-state index in [9.17, 15) is 10.2 Å². The van der Waals surface area contributed by atoms with Crippen molar-refractivity contribution in [2.24, 2.45) is 0 Å². The number of aliphatic hydroxyl groups excluding tert-OH is 2. The molecule has 5 rings (SSSR count). The molecule has 0 radical (unpaired) electrons. The Morgan fingerprint density at radius 3 is 2.71 bits per heavy atom. The van der Waals surface area contributed by atoms with E-state index in [4.69, 9.17) is 21.1 Å². The van der Waals surface area contributed by atoms with Gasteiger partial charge in [-0.05, 0) is 73.9 Å². The fraction of sp³-hybridized carbons (Fsp3) is 0.520. The molecule has 0 amide bonds. The largest absolute Gasteiger partial charge is 0.483 e. The summed E-state index contributed by atoms with van der Waals surface area (Å²) < 4.78 is 12.3. The summed E-state index contributed by atoms with van der Waals surface area (Å²) in [4.78, 5) is 0. The zero-order valence-corrected chi connectivity index (χ0v) is 18.6. The molecule has 0 aromatic heterocycles. The van der Waals surface area contributed by atoms with Crippen molar-refractivity contribution in [2.45, 2.75) is 75.5 Å². The molecule has 1 aliphatic carbocycles. The molecule has 5 nitrogen and oxygen atoms in total. The van der Waals surface area contributed by atoms with E-state index in [-0.39, 0.29) is 11.7 Å². The van der Waals surface area contributed by atoms with Gasteiger partial charge in [-0.1, -0.05) is 29.8 Å². The highest BCUT2D eigenvalue weighted by molar-refractivity contribution is 6.31. The molecule has 2 aromatic carbocycles. The molecular formula is C25H30ClNO4. The zero-order chi connectivity index (χ0) is 21.6. The van der Waals surface area contributed by atoms with Crippen molar-refractivity contribution in [1.82, 2.24) is 0 Å². The highest BCUT2D eigenvalue weighted by Gasteiger charge is 2.39. The third-order valence-corrected chi connectivity index (χ3v) is 7.40. The predicted octanol–water partition coefficient (Wildman–Crippen LogP) is 4.62. The molecule has 2 aliphatic heterocycles. The maximum atomic E-state index is 10.2. The summed E-state index contributed by atoms with van der Waals surface area (Å²) in [7, 11) is 0. The molecule has 4 atom stereocenters. The van der Waals surface area contributed by atoms with Crippen LogP contribution in [-0.2, 0) is 11.2 Å². The van der Waals surface area contributed by atoms with Gasteiger partial charge in [0.25, 0.3) is 0 Å². The smallest absolute Gasteiger partial charge is 0.143 e. The van der Waals surface area contributed by atoms with Crippen molar-refractivity contribution in [2.75, 3.05) is 11.9 Å². The summed E-state index contributed by atoms with van der Waals surface area (Å²) in [5.41, 5.74) is 4.16. The lowest BCUT2D eigenvalue weighted by atomic mass is 9.92. The highest BCUT2D eigenvalue weighted by Crippen LogP contribution is 2.42. The van der Waals surface area contributed by atoms with Crippen molar-refractivity contribution in [3.05, 3.63) is 58.1 Å². The number of benzene rings is 2. The minimum absolute atomic E-state index is 0.0264. The number of rotatable bonds is 3. The SMILES string of the molecule is C[C@H]1O[C@@H](c2ccc(Cl)c(Cc3ccc4c(c3)NCC3(CCCC3)O4)c2)C[C@@H](O)[C@@H]1O. The van der Waals surface area contributed by atoms with Crippen molar-refractivity contribution < 1.29 is 19.7 Å². The molecule has 1 spiro atoms. The molecule has 3 N–H and O–H groups in total. The van der Waals surface area contributed by atoms with Gasteiger partial charge >= 0.3 is 0 Å². The summed E-state index contributed by atoms with van der Waals surface area (Å²) in [6.45, 7) is 2.65. The molecule has 3 aliphatic rings. The van der Waals surface area contributed by atoms with E-state index in [1.807, 2.05) is 12.1 Å². The number of fused-ring (bicyclic) bond motifs is 1. The molecule has 6 heteroatoms. The average Bonchev–Trinajstić information content (AvgIpc) is 3.21. The van der Waals surface area contributed by atoms with Crippen LogP contribution in [0.3, 0.4) is 0 Å². The molecular weight excluding hydrogens is 414 g/mol. The Kier molecular flexibility index (Phi) is 5.63. The standard InChI is InChI=1S/C25H30ClNO4/c1-15-24(29)21(28)13-23(30-15)17-5-6-19(26)18(12-17)10-16-4-7-22-20(11-16)27-14-25(31-22)8-2-3-9-25/h4-7,11-12,15,21,23-24,27-29H,2-3,8-10,13-14H2,1H3/t15-,21-,23-,24-/m1/s1. The minimum Gasteiger partial charge on any atom is -0.483 e. The first kappa shape index (κ1) is 21.1. The Morgan fingerprint density at radius 1 is 1.13 bits per heavy atom. The third-order valence-electron chi connectivity index (χ3n) is 7.03. The molecule has 2 fully saturated rings. The summed E-state index contributed by atoms with van der Waals surface area (Å²) in [6, 6.07) is 12.2. The van der Waals surface area contributed by atoms with Crippen molar-refractivity contribution in [1.29, 1.82) is 0 Å². The average molecular weight is 444 g/mol. The second-order valence-electron chi connectivity index (χ2n) is 9.33. The van der Waals surface area contributed by atoms with Gasteiger partial charge in [-0.25, -0.2) is 0 Å². The lowest BCUT2D eigenvalue weighted by Gasteiger charge is -2.36. The molecule has 31 heavy (non-hydrogen) atoms. The van der Waals surface area contributed by atoms with E-state index in [2.05, 4.69) is 29.6 Å². The number of ether oxygens (including phenoxy) is 2. The van der Waals surface area contributed by atoms with Gasteiger partial charge in [-0.3, -0.25) is 0 Å². The van der Waals surface area contributed by atoms with Crippen LogP contribution in [0.2, 0.25) is 5.02 Å². The summed E-state index contributed by atoms with van der Waals surface area (Å²) >= 11 is 6.52.